The summed E-state index contributed by atoms with van der Waals surface area (Å²) in [4.78, 5) is 46.3. The smallest absolute Gasteiger partial charge is 0.327 e. The number of nitrogens with zero attached hydrogens (tertiary/aromatic N) is 3. The zero-order valence-electron chi connectivity index (χ0n) is 21.6. The molecular weight excluding hydrogens is 533 g/mol. The molecule has 0 saturated carbocycles. The van der Waals surface area contributed by atoms with Gasteiger partial charge in [-0.3, -0.25) is 14.5 Å². The summed E-state index contributed by atoms with van der Waals surface area (Å²) in [5.74, 6) is -0.433. The number of halogens is 1. The Kier molecular flexibility index (Phi) is 6.67. The van der Waals surface area contributed by atoms with E-state index in [9.17, 15) is 14.4 Å². The highest BCUT2D eigenvalue weighted by molar-refractivity contribution is 8.01. The van der Waals surface area contributed by atoms with Gasteiger partial charge in [0.2, 0.25) is 11.8 Å². The minimum Gasteiger partial charge on any atom is -0.454 e. The highest BCUT2D eigenvalue weighted by Crippen LogP contribution is 2.51. The van der Waals surface area contributed by atoms with Crippen molar-refractivity contribution in [1.29, 1.82) is 0 Å². The SMILES string of the molecule is C=CC(=O)N1CCC(NC(=O)[C@@H]2Sc3nccc4c3C2NC(=O)N4c2ccc(Oc3ccccc3)c(F)c2C)C1. The number of aromatic nitrogens is 1. The summed E-state index contributed by atoms with van der Waals surface area (Å²) in [6, 6.07) is 12.5. The molecule has 0 bridgehead atoms. The third kappa shape index (κ3) is 4.45. The van der Waals surface area contributed by atoms with Gasteiger partial charge >= 0.3 is 6.03 Å². The zero-order chi connectivity index (χ0) is 28.0. The number of thioether (sulfide) groups is 1. The molecule has 11 heteroatoms. The molecule has 2 unspecified atom stereocenters. The highest BCUT2D eigenvalue weighted by Gasteiger charge is 2.47. The summed E-state index contributed by atoms with van der Waals surface area (Å²) >= 11 is 1.28. The third-order valence-corrected chi connectivity index (χ3v) is 8.61. The number of hydrogen-bond donors (Lipinski definition) is 2. The molecule has 0 aliphatic carbocycles. The molecule has 4 amide bonds. The van der Waals surface area contributed by atoms with Gasteiger partial charge in [0.1, 0.15) is 16.0 Å². The molecular formula is C29H26FN5O4S. The van der Waals surface area contributed by atoms with E-state index in [1.165, 1.54) is 28.8 Å². The Balaban J connectivity index is 1.25. The number of anilines is 2. The van der Waals surface area contributed by atoms with E-state index in [-0.39, 0.29) is 29.2 Å². The normalized spacial score (nSPS) is 21.1. The fourth-order valence-electron chi connectivity index (χ4n) is 5.34. The number of benzene rings is 2. The number of carbonyl (C=O) groups excluding carboxylic acids is 3. The van der Waals surface area contributed by atoms with E-state index < -0.39 is 23.1 Å². The van der Waals surface area contributed by atoms with Gasteiger partial charge in [-0.25, -0.2) is 14.2 Å². The maximum Gasteiger partial charge on any atom is 0.327 e. The summed E-state index contributed by atoms with van der Waals surface area (Å²) < 4.78 is 21.2. The number of nitrogens with one attached hydrogen (secondary N) is 2. The quantitative estimate of drug-likeness (QED) is 0.428. The number of amides is 4. The van der Waals surface area contributed by atoms with Crippen molar-refractivity contribution in [2.45, 2.75) is 35.7 Å². The van der Waals surface area contributed by atoms with Crippen LogP contribution in [0.4, 0.5) is 20.6 Å². The third-order valence-electron chi connectivity index (χ3n) is 7.32. The summed E-state index contributed by atoms with van der Waals surface area (Å²) in [5, 5.41) is 5.97. The Morgan fingerprint density at radius 2 is 2.00 bits per heavy atom. The maximum atomic E-state index is 15.5. The number of ether oxygens (including phenoxy) is 1. The number of likely N-dealkylation sites (tertiary alicyclic amines) is 1. The van der Waals surface area contributed by atoms with E-state index in [1.54, 1.807) is 54.4 Å². The van der Waals surface area contributed by atoms with E-state index in [0.29, 0.717) is 47.2 Å². The van der Waals surface area contributed by atoms with Crippen molar-refractivity contribution in [3.63, 3.8) is 0 Å². The summed E-state index contributed by atoms with van der Waals surface area (Å²) in [5.41, 5.74) is 1.86. The van der Waals surface area contributed by atoms with E-state index in [2.05, 4.69) is 22.2 Å². The van der Waals surface area contributed by atoms with Crippen molar-refractivity contribution in [3.05, 3.63) is 84.3 Å². The van der Waals surface area contributed by atoms with Gasteiger partial charge in [0.25, 0.3) is 0 Å². The van der Waals surface area contributed by atoms with Gasteiger partial charge < -0.3 is 20.3 Å². The van der Waals surface area contributed by atoms with E-state index in [0.717, 1.165) is 0 Å². The molecule has 0 radical (unpaired) electrons. The first-order chi connectivity index (χ1) is 19.4. The van der Waals surface area contributed by atoms with Gasteiger partial charge in [-0.15, -0.1) is 0 Å². The number of para-hydroxylation sites is 1. The van der Waals surface area contributed by atoms with Crippen LogP contribution in [0.3, 0.4) is 0 Å². The van der Waals surface area contributed by atoms with Crippen molar-refractivity contribution in [2.75, 3.05) is 18.0 Å². The number of rotatable bonds is 6. The second kappa shape index (κ2) is 10.3. The first-order valence-electron chi connectivity index (χ1n) is 12.9. The van der Waals surface area contributed by atoms with Crippen LogP contribution in [-0.2, 0) is 9.59 Å². The van der Waals surface area contributed by atoms with Gasteiger partial charge in [0.15, 0.2) is 11.6 Å². The molecule has 1 aromatic heterocycles. The minimum absolute atomic E-state index is 0.0512. The lowest BCUT2D eigenvalue weighted by Crippen LogP contribution is -2.50. The summed E-state index contributed by atoms with van der Waals surface area (Å²) in [6.07, 6.45) is 3.48. The number of pyridine rings is 1. The highest BCUT2D eigenvalue weighted by atomic mass is 32.2. The van der Waals surface area contributed by atoms with Gasteiger partial charge in [0, 0.05) is 36.5 Å². The van der Waals surface area contributed by atoms with Crippen molar-refractivity contribution in [2.24, 2.45) is 0 Å². The topological polar surface area (TPSA) is 104 Å². The molecule has 2 N–H and O–H groups in total. The lowest BCUT2D eigenvalue weighted by molar-refractivity contribution is -0.126. The second-order valence-corrected chi connectivity index (χ2v) is 10.9. The van der Waals surface area contributed by atoms with Crippen LogP contribution in [0.15, 0.2) is 72.4 Å². The first kappa shape index (κ1) is 25.9. The second-order valence-electron chi connectivity index (χ2n) is 9.77. The standard InChI is InChI=1S/C29H26FN5O4S/c1-3-22(36)34-14-12-17(15-34)32-27(37)26-25-23-20(11-13-31-28(23)40-26)35(29(38)33-25)19-9-10-21(24(30)16(19)2)39-18-7-5-4-6-8-18/h3-11,13,17,25-26H,1,12,14-15H2,2H3,(H,32,37)(H,33,38)/t17?,25?,26-/m1/s1. The molecule has 0 spiro atoms. The van der Waals surface area contributed by atoms with Crippen LogP contribution in [0.25, 0.3) is 0 Å². The van der Waals surface area contributed by atoms with Crippen LogP contribution in [0.5, 0.6) is 11.5 Å². The molecule has 4 heterocycles. The van der Waals surface area contributed by atoms with E-state index in [4.69, 9.17) is 4.74 Å². The van der Waals surface area contributed by atoms with E-state index in [1.807, 2.05) is 6.07 Å². The van der Waals surface area contributed by atoms with Gasteiger partial charge in [-0.2, -0.15) is 0 Å². The van der Waals surface area contributed by atoms with Crippen molar-refractivity contribution in [3.8, 4) is 11.5 Å². The minimum atomic E-state index is -0.640. The molecule has 6 rings (SSSR count). The number of carbonyl (C=O) groups is 3. The lowest BCUT2D eigenvalue weighted by atomic mass is 9.99. The Morgan fingerprint density at radius 3 is 2.77 bits per heavy atom. The molecule has 2 aromatic carbocycles. The Labute approximate surface area is 234 Å². The van der Waals surface area contributed by atoms with Gasteiger partial charge in [0.05, 0.1) is 17.4 Å². The Bertz CT molecular complexity index is 1530. The molecule has 1 fully saturated rings. The monoisotopic (exact) mass is 559 g/mol. The van der Waals surface area contributed by atoms with Crippen LogP contribution in [-0.4, -0.2) is 52.1 Å². The number of urea groups is 1. The molecule has 9 nitrogen and oxygen atoms in total. The van der Waals surface area contributed by atoms with Crippen molar-refractivity contribution in [1.82, 2.24) is 20.5 Å². The predicted molar refractivity (Wildman–Crippen MR) is 148 cm³/mol. The first-order valence-corrected chi connectivity index (χ1v) is 13.7. The Morgan fingerprint density at radius 1 is 1.20 bits per heavy atom. The molecule has 40 heavy (non-hydrogen) atoms. The van der Waals surface area contributed by atoms with Crippen LogP contribution in [0.2, 0.25) is 0 Å². The van der Waals surface area contributed by atoms with Crippen molar-refractivity contribution >= 4 is 41.0 Å². The van der Waals surface area contributed by atoms with E-state index >= 15 is 4.39 Å². The van der Waals surface area contributed by atoms with Gasteiger partial charge in [-0.05, 0) is 49.8 Å². The largest absolute Gasteiger partial charge is 0.454 e. The average Bonchev–Trinajstić information content (AvgIpc) is 3.58. The average molecular weight is 560 g/mol. The lowest BCUT2D eigenvalue weighted by Gasteiger charge is -2.35. The Hall–Kier alpha value is -4.38. The molecule has 3 aliphatic rings. The van der Waals surface area contributed by atoms with Crippen molar-refractivity contribution < 1.29 is 23.5 Å². The summed E-state index contributed by atoms with van der Waals surface area (Å²) in [7, 11) is 0. The fraction of sp³-hybridized carbons (Fsp3) is 0.241. The summed E-state index contributed by atoms with van der Waals surface area (Å²) in [6.45, 7) is 6.06. The molecule has 3 aliphatic heterocycles. The molecule has 3 aromatic rings. The molecule has 1 saturated heterocycles. The van der Waals surface area contributed by atoms with Gasteiger partial charge in [-0.1, -0.05) is 36.5 Å². The predicted octanol–water partition coefficient (Wildman–Crippen LogP) is 4.60. The fourth-order valence-corrected chi connectivity index (χ4v) is 6.58. The molecule has 3 atom stereocenters. The van der Waals surface area contributed by atoms with Crippen LogP contribution in [0.1, 0.15) is 23.6 Å². The molecule has 204 valence electrons. The van der Waals surface area contributed by atoms with Crippen LogP contribution < -0.4 is 20.3 Å². The maximum absolute atomic E-state index is 15.5. The number of hydrogen-bond acceptors (Lipinski definition) is 6. The van der Waals surface area contributed by atoms with Crippen LogP contribution >= 0.6 is 11.8 Å². The zero-order valence-corrected chi connectivity index (χ0v) is 22.4. The van der Waals surface area contributed by atoms with Crippen LogP contribution in [0, 0.1) is 12.7 Å².